The average Bonchev–Trinajstić information content (AvgIpc) is 2.26. The van der Waals surface area contributed by atoms with Crippen LogP contribution in [-0.2, 0) is 10.0 Å². The largest absolute Gasteiger partial charge is 0.495 e. The lowest BCUT2D eigenvalue weighted by atomic mass is 10.2. The third-order valence-electron chi connectivity index (χ3n) is 2.04. The first-order chi connectivity index (χ1) is 7.47. The van der Waals surface area contributed by atoms with E-state index < -0.39 is 10.0 Å². The van der Waals surface area contributed by atoms with Gasteiger partial charge in [0.25, 0.3) is 0 Å². The molecule has 0 saturated heterocycles. The molecule has 0 saturated carbocycles. The Bertz CT molecular complexity index is 440. The molecule has 0 aliphatic carbocycles. The van der Waals surface area contributed by atoms with Crippen LogP contribution in [0.3, 0.4) is 0 Å². The summed E-state index contributed by atoms with van der Waals surface area (Å²) in [5, 5.41) is 0. The van der Waals surface area contributed by atoms with Gasteiger partial charge in [-0.25, -0.2) is 13.1 Å². The summed E-state index contributed by atoms with van der Waals surface area (Å²) in [4.78, 5) is 0.179. The van der Waals surface area contributed by atoms with Crippen LogP contribution in [0.15, 0.2) is 29.2 Å². The molecule has 0 aliphatic heterocycles. The maximum absolute atomic E-state index is 11.9. The third kappa shape index (κ3) is 3.21. The molecule has 0 bridgehead atoms. The monoisotopic (exact) mass is 243 g/mol. The van der Waals surface area contributed by atoms with E-state index in [1.165, 1.54) is 13.2 Å². The van der Waals surface area contributed by atoms with Crippen molar-refractivity contribution in [2.75, 3.05) is 13.7 Å². The topological polar surface area (TPSA) is 55.4 Å². The van der Waals surface area contributed by atoms with Crippen molar-refractivity contribution < 1.29 is 13.2 Å². The highest BCUT2D eigenvalue weighted by molar-refractivity contribution is 7.89. The molecule has 1 aromatic carbocycles. The van der Waals surface area contributed by atoms with Crippen LogP contribution in [0.5, 0.6) is 5.75 Å². The molecule has 0 aromatic heterocycles. The molecule has 0 spiro atoms. The molecule has 0 aliphatic rings. The summed E-state index contributed by atoms with van der Waals surface area (Å²) in [6, 6.07) is 6.57. The Kier molecular flexibility index (Phi) is 4.32. The molecule has 1 N–H and O–H groups in total. The lowest BCUT2D eigenvalue weighted by Crippen LogP contribution is -2.27. The molecule has 0 unspecified atom stereocenters. The predicted octanol–water partition coefficient (Wildman–Crippen LogP) is 1.63. The molecule has 1 rings (SSSR count). The van der Waals surface area contributed by atoms with Crippen molar-refractivity contribution in [3.63, 3.8) is 0 Å². The Hall–Kier alpha value is -1.07. The predicted molar refractivity (Wildman–Crippen MR) is 63.0 cm³/mol. The minimum Gasteiger partial charge on any atom is -0.495 e. The van der Waals surface area contributed by atoms with E-state index in [0.29, 0.717) is 12.3 Å². The number of sulfonamides is 1. The van der Waals surface area contributed by atoms with Gasteiger partial charge in [0.1, 0.15) is 10.6 Å². The number of nitrogens with one attached hydrogen (secondary N) is 1. The number of para-hydroxylation sites is 1. The number of benzene rings is 1. The Morgan fingerprint density at radius 2 is 1.94 bits per heavy atom. The van der Waals surface area contributed by atoms with Crippen molar-refractivity contribution in [1.82, 2.24) is 4.72 Å². The van der Waals surface area contributed by atoms with E-state index in [9.17, 15) is 8.42 Å². The van der Waals surface area contributed by atoms with E-state index in [1.807, 2.05) is 13.8 Å². The Labute approximate surface area is 96.7 Å². The fraction of sp³-hybridized carbons (Fsp3) is 0.455. The van der Waals surface area contributed by atoms with Gasteiger partial charge in [0, 0.05) is 6.54 Å². The first kappa shape index (κ1) is 13.0. The van der Waals surface area contributed by atoms with Crippen molar-refractivity contribution in [3.8, 4) is 5.75 Å². The van der Waals surface area contributed by atoms with Crippen LogP contribution in [0, 0.1) is 5.92 Å². The zero-order valence-corrected chi connectivity index (χ0v) is 10.5. The zero-order valence-electron chi connectivity index (χ0n) is 9.73. The summed E-state index contributed by atoms with van der Waals surface area (Å²) in [6.45, 7) is 4.32. The molecule has 90 valence electrons. The Balaban J connectivity index is 2.98. The SMILES string of the molecule is COc1ccccc1S(=O)(=O)NCC(C)C. The Morgan fingerprint density at radius 1 is 1.31 bits per heavy atom. The number of methoxy groups -OCH3 is 1. The molecule has 0 atom stereocenters. The summed E-state index contributed by atoms with van der Waals surface area (Å²) in [7, 11) is -2.02. The van der Waals surface area contributed by atoms with E-state index in [2.05, 4.69) is 4.72 Å². The molecule has 4 nitrogen and oxygen atoms in total. The van der Waals surface area contributed by atoms with E-state index >= 15 is 0 Å². The first-order valence-electron chi connectivity index (χ1n) is 5.10. The normalized spacial score (nSPS) is 11.8. The van der Waals surface area contributed by atoms with Gasteiger partial charge in [-0.3, -0.25) is 0 Å². The van der Waals surface area contributed by atoms with Crippen LogP contribution < -0.4 is 9.46 Å². The number of rotatable bonds is 5. The van der Waals surface area contributed by atoms with Crippen LogP contribution in [0.1, 0.15) is 13.8 Å². The number of hydrogen-bond acceptors (Lipinski definition) is 3. The average molecular weight is 243 g/mol. The maximum Gasteiger partial charge on any atom is 0.244 e. The quantitative estimate of drug-likeness (QED) is 0.855. The number of ether oxygens (including phenoxy) is 1. The summed E-state index contributed by atoms with van der Waals surface area (Å²) >= 11 is 0. The van der Waals surface area contributed by atoms with Gasteiger partial charge < -0.3 is 4.74 Å². The van der Waals surface area contributed by atoms with Gasteiger partial charge in [0.05, 0.1) is 7.11 Å². The van der Waals surface area contributed by atoms with Crippen LogP contribution in [-0.4, -0.2) is 22.1 Å². The van der Waals surface area contributed by atoms with Gasteiger partial charge in [-0.1, -0.05) is 26.0 Å². The molecule has 0 radical (unpaired) electrons. The van der Waals surface area contributed by atoms with Gasteiger partial charge in [-0.05, 0) is 18.1 Å². The van der Waals surface area contributed by atoms with Crippen LogP contribution >= 0.6 is 0 Å². The third-order valence-corrected chi connectivity index (χ3v) is 3.50. The van der Waals surface area contributed by atoms with Gasteiger partial charge in [0.2, 0.25) is 10.0 Å². The fourth-order valence-corrected chi connectivity index (χ4v) is 2.58. The highest BCUT2D eigenvalue weighted by atomic mass is 32.2. The van der Waals surface area contributed by atoms with Crippen LogP contribution in [0.4, 0.5) is 0 Å². The second-order valence-corrected chi connectivity index (χ2v) is 5.63. The fourth-order valence-electron chi connectivity index (χ4n) is 1.19. The summed E-state index contributed by atoms with van der Waals surface area (Å²) in [5.74, 6) is 0.628. The molecule has 1 aromatic rings. The van der Waals surface area contributed by atoms with Gasteiger partial charge in [-0.2, -0.15) is 0 Å². The molecule has 16 heavy (non-hydrogen) atoms. The second-order valence-electron chi connectivity index (χ2n) is 3.90. The van der Waals surface area contributed by atoms with Crippen molar-refractivity contribution in [2.24, 2.45) is 5.92 Å². The molecule has 0 fully saturated rings. The highest BCUT2D eigenvalue weighted by Gasteiger charge is 2.18. The molecular weight excluding hydrogens is 226 g/mol. The van der Waals surface area contributed by atoms with Crippen molar-refractivity contribution >= 4 is 10.0 Å². The van der Waals surface area contributed by atoms with Crippen molar-refractivity contribution in [2.45, 2.75) is 18.7 Å². The van der Waals surface area contributed by atoms with E-state index in [1.54, 1.807) is 18.2 Å². The lowest BCUT2D eigenvalue weighted by Gasteiger charge is -2.11. The van der Waals surface area contributed by atoms with Gasteiger partial charge in [-0.15, -0.1) is 0 Å². The van der Waals surface area contributed by atoms with E-state index in [-0.39, 0.29) is 10.8 Å². The summed E-state index contributed by atoms with van der Waals surface area (Å²) in [5.41, 5.74) is 0. The van der Waals surface area contributed by atoms with Crippen molar-refractivity contribution in [3.05, 3.63) is 24.3 Å². The lowest BCUT2D eigenvalue weighted by molar-refractivity contribution is 0.402. The summed E-state index contributed by atoms with van der Waals surface area (Å²) < 4.78 is 31.4. The van der Waals surface area contributed by atoms with Crippen molar-refractivity contribution in [1.29, 1.82) is 0 Å². The van der Waals surface area contributed by atoms with Gasteiger partial charge >= 0.3 is 0 Å². The van der Waals surface area contributed by atoms with E-state index in [4.69, 9.17) is 4.74 Å². The maximum atomic E-state index is 11.9. The molecular formula is C11H17NO3S. The Morgan fingerprint density at radius 3 is 2.50 bits per heavy atom. The highest BCUT2D eigenvalue weighted by Crippen LogP contribution is 2.22. The van der Waals surface area contributed by atoms with Crippen LogP contribution in [0.2, 0.25) is 0 Å². The number of hydrogen-bond donors (Lipinski definition) is 1. The zero-order chi connectivity index (χ0) is 12.2. The minimum absolute atomic E-state index is 0.179. The summed E-state index contributed by atoms with van der Waals surface area (Å²) in [6.07, 6.45) is 0. The molecule has 0 amide bonds. The van der Waals surface area contributed by atoms with Gasteiger partial charge in [0.15, 0.2) is 0 Å². The molecule has 5 heteroatoms. The molecule has 0 heterocycles. The second kappa shape index (κ2) is 5.32. The smallest absolute Gasteiger partial charge is 0.244 e. The van der Waals surface area contributed by atoms with Crippen LogP contribution in [0.25, 0.3) is 0 Å². The first-order valence-corrected chi connectivity index (χ1v) is 6.58. The van der Waals surface area contributed by atoms with E-state index in [0.717, 1.165) is 0 Å². The standard InChI is InChI=1S/C11H17NO3S/c1-9(2)8-12-16(13,14)11-7-5-4-6-10(11)15-3/h4-7,9,12H,8H2,1-3H3. The minimum atomic E-state index is -3.47.